The van der Waals surface area contributed by atoms with E-state index in [9.17, 15) is 0 Å². The number of hydrogen-bond donors (Lipinski definition) is 0. The third-order valence-corrected chi connectivity index (χ3v) is 3.16. The predicted octanol–water partition coefficient (Wildman–Crippen LogP) is 4.17. The molecule has 0 heteroatoms. The van der Waals surface area contributed by atoms with Crippen LogP contribution in [0.2, 0.25) is 0 Å². The van der Waals surface area contributed by atoms with Gasteiger partial charge in [0.25, 0.3) is 0 Å². The minimum atomic E-state index is 0.673. The van der Waals surface area contributed by atoms with Gasteiger partial charge in [0.2, 0.25) is 0 Å². The molecule has 0 nitrogen and oxygen atoms in total. The van der Waals surface area contributed by atoms with Crippen LogP contribution in [0.3, 0.4) is 0 Å². The molecule has 1 fully saturated rings. The fourth-order valence-corrected chi connectivity index (χ4v) is 1.92. The van der Waals surface area contributed by atoms with Gasteiger partial charge in [0.15, 0.2) is 0 Å². The zero-order valence-electron chi connectivity index (χ0n) is 8.98. The molecule has 1 unspecified atom stereocenters. The van der Waals surface area contributed by atoms with Crippen molar-refractivity contribution in [1.82, 2.24) is 0 Å². The van der Waals surface area contributed by atoms with Crippen molar-refractivity contribution in [1.29, 1.82) is 0 Å². The van der Waals surface area contributed by atoms with Gasteiger partial charge in [-0.1, -0.05) is 32.4 Å². The first-order chi connectivity index (χ1) is 5.56. The Morgan fingerprint density at radius 2 is 2.08 bits per heavy atom. The van der Waals surface area contributed by atoms with Crippen molar-refractivity contribution < 1.29 is 0 Å². The van der Waals surface area contributed by atoms with E-state index in [1.54, 1.807) is 5.57 Å². The van der Waals surface area contributed by atoms with Crippen LogP contribution in [-0.4, -0.2) is 0 Å². The van der Waals surface area contributed by atoms with Crippen LogP contribution in [0, 0.1) is 11.3 Å². The predicted molar refractivity (Wildman–Crippen MR) is 55.2 cm³/mol. The molecule has 0 spiro atoms. The van der Waals surface area contributed by atoms with Gasteiger partial charge in [-0.25, -0.2) is 0 Å². The summed E-state index contributed by atoms with van der Waals surface area (Å²) in [6.45, 7) is 9.25. The zero-order chi connectivity index (χ0) is 9.19. The molecule has 1 atom stereocenters. The maximum atomic E-state index is 2.39. The molecule has 0 heterocycles. The van der Waals surface area contributed by atoms with Crippen LogP contribution >= 0.6 is 0 Å². The molecule has 0 aromatic rings. The average Bonchev–Trinajstić information content (AvgIpc) is 2.56. The van der Waals surface area contributed by atoms with Crippen LogP contribution in [0.4, 0.5) is 0 Å². The number of allylic oxidation sites excluding steroid dienone is 2. The fraction of sp³-hybridized carbons (Fsp3) is 0.833. The van der Waals surface area contributed by atoms with Gasteiger partial charge in [-0.2, -0.15) is 0 Å². The molecule has 1 rings (SSSR count). The summed E-state index contributed by atoms with van der Waals surface area (Å²) in [5.74, 6) is 1.01. The summed E-state index contributed by atoms with van der Waals surface area (Å²) in [6, 6.07) is 0. The van der Waals surface area contributed by atoms with E-state index in [-0.39, 0.29) is 0 Å². The van der Waals surface area contributed by atoms with Crippen LogP contribution in [-0.2, 0) is 0 Å². The Hall–Kier alpha value is -0.260. The van der Waals surface area contributed by atoms with Crippen LogP contribution < -0.4 is 0 Å². The van der Waals surface area contributed by atoms with E-state index < -0.39 is 0 Å². The van der Waals surface area contributed by atoms with Crippen molar-refractivity contribution in [2.24, 2.45) is 11.3 Å². The molecular weight excluding hydrogens is 144 g/mol. The molecule has 0 amide bonds. The third kappa shape index (κ3) is 2.66. The van der Waals surface area contributed by atoms with E-state index in [0.29, 0.717) is 5.41 Å². The Morgan fingerprint density at radius 1 is 1.50 bits per heavy atom. The van der Waals surface area contributed by atoms with Gasteiger partial charge in [0, 0.05) is 0 Å². The molecule has 0 aromatic heterocycles. The Balaban J connectivity index is 2.15. The Labute approximate surface area is 77.1 Å². The molecule has 0 bridgehead atoms. The summed E-state index contributed by atoms with van der Waals surface area (Å²) in [7, 11) is 0. The van der Waals surface area contributed by atoms with Crippen molar-refractivity contribution in [2.45, 2.75) is 53.4 Å². The minimum absolute atomic E-state index is 0.673. The van der Waals surface area contributed by atoms with Crippen molar-refractivity contribution in [3.8, 4) is 0 Å². The maximum absolute atomic E-state index is 2.39. The summed E-state index contributed by atoms with van der Waals surface area (Å²) in [5.41, 5.74) is 2.26. The lowest BCUT2D eigenvalue weighted by Crippen LogP contribution is -1.90. The molecule has 0 aromatic carbocycles. The van der Waals surface area contributed by atoms with E-state index in [2.05, 4.69) is 33.8 Å². The monoisotopic (exact) mass is 166 g/mol. The smallest absolute Gasteiger partial charge is 0.0320 e. The van der Waals surface area contributed by atoms with Crippen molar-refractivity contribution >= 4 is 0 Å². The first kappa shape index (κ1) is 9.83. The highest BCUT2D eigenvalue weighted by atomic mass is 14.5. The van der Waals surface area contributed by atoms with Crippen LogP contribution in [0.1, 0.15) is 53.4 Å². The Bertz CT molecular complexity index is 174. The molecule has 1 saturated carbocycles. The maximum Gasteiger partial charge on any atom is -0.0320 e. The van der Waals surface area contributed by atoms with Gasteiger partial charge in [0.1, 0.15) is 0 Å². The standard InChI is InChI=1S/C12H22/c1-5-6-10(2)7-8-11-9-12(11,3)4/h6,11H,5,7-9H2,1-4H3/b10-6+. The van der Waals surface area contributed by atoms with Crippen LogP contribution in [0.15, 0.2) is 11.6 Å². The molecule has 12 heavy (non-hydrogen) atoms. The molecule has 0 radical (unpaired) electrons. The second-order valence-corrected chi connectivity index (χ2v) is 4.89. The molecular formula is C12H22. The second-order valence-electron chi connectivity index (χ2n) is 4.89. The molecule has 0 aliphatic heterocycles. The quantitative estimate of drug-likeness (QED) is 0.550. The Kier molecular flexibility index (Phi) is 2.98. The van der Waals surface area contributed by atoms with Crippen LogP contribution in [0.25, 0.3) is 0 Å². The lowest BCUT2D eigenvalue weighted by atomic mass is 10.0. The number of rotatable bonds is 4. The van der Waals surface area contributed by atoms with Gasteiger partial charge in [-0.05, 0) is 43.9 Å². The molecule has 1 aliphatic carbocycles. The zero-order valence-corrected chi connectivity index (χ0v) is 8.98. The summed E-state index contributed by atoms with van der Waals surface area (Å²) in [4.78, 5) is 0. The van der Waals surface area contributed by atoms with Crippen molar-refractivity contribution in [3.05, 3.63) is 11.6 Å². The topological polar surface area (TPSA) is 0 Å². The first-order valence-corrected chi connectivity index (χ1v) is 5.22. The van der Waals surface area contributed by atoms with Gasteiger partial charge in [-0.15, -0.1) is 0 Å². The number of hydrogen-bond acceptors (Lipinski definition) is 0. The molecule has 70 valence electrons. The van der Waals surface area contributed by atoms with E-state index in [1.165, 1.54) is 25.7 Å². The highest BCUT2D eigenvalue weighted by Gasteiger charge is 2.44. The molecule has 0 saturated heterocycles. The van der Waals surface area contributed by atoms with Crippen LogP contribution in [0.5, 0.6) is 0 Å². The first-order valence-electron chi connectivity index (χ1n) is 5.22. The lowest BCUT2D eigenvalue weighted by molar-refractivity contribution is 0.532. The summed E-state index contributed by atoms with van der Waals surface area (Å²) in [5, 5.41) is 0. The van der Waals surface area contributed by atoms with Crippen molar-refractivity contribution in [2.75, 3.05) is 0 Å². The highest BCUT2D eigenvalue weighted by molar-refractivity contribution is 5.01. The summed E-state index contributed by atoms with van der Waals surface area (Å²) in [6.07, 6.45) is 7.74. The largest absolute Gasteiger partial charge is 0.0859 e. The van der Waals surface area contributed by atoms with E-state index in [4.69, 9.17) is 0 Å². The lowest BCUT2D eigenvalue weighted by Gasteiger charge is -2.03. The fourth-order valence-electron chi connectivity index (χ4n) is 1.92. The summed E-state index contributed by atoms with van der Waals surface area (Å²) >= 11 is 0. The normalized spacial score (nSPS) is 27.3. The SMILES string of the molecule is CC/C=C(\C)CCC1CC1(C)C. The Morgan fingerprint density at radius 3 is 2.50 bits per heavy atom. The van der Waals surface area contributed by atoms with Gasteiger partial charge in [0.05, 0.1) is 0 Å². The summed E-state index contributed by atoms with van der Waals surface area (Å²) < 4.78 is 0. The average molecular weight is 166 g/mol. The van der Waals surface area contributed by atoms with E-state index >= 15 is 0 Å². The third-order valence-electron chi connectivity index (χ3n) is 3.16. The van der Waals surface area contributed by atoms with E-state index in [1.807, 2.05) is 0 Å². The highest BCUT2D eigenvalue weighted by Crippen LogP contribution is 2.54. The van der Waals surface area contributed by atoms with Crippen molar-refractivity contribution in [3.63, 3.8) is 0 Å². The van der Waals surface area contributed by atoms with Gasteiger partial charge >= 0.3 is 0 Å². The second kappa shape index (κ2) is 3.64. The minimum Gasteiger partial charge on any atom is -0.0859 e. The van der Waals surface area contributed by atoms with Gasteiger partial charge in [-0.3, -0.25) is 0 Å². The van der Waals surface area contributed by atoms with Gasteiger partial charge < -0.3 is 0 Å². The molecule has 1 aliphatic rings. The van der Waals surface area contributed by atoms with E-state index in [0.717, 1.165) is 5.92 Å². The molecule has 0 N–H and O–H groups in total.